The molecule has 0 amide bonds. The highest BCUT2D eigenvalue weighted by Gasteiger charge is 2.39. The quantitative estimate of drug-likeness (QED) is 0.748. The minimum Gasteiger partial charge on any atom is -0.388 e. The largest absolute Gasteiger partial charge is 0.388 e. The average molecular weight is 288 g/mol. The van der Waals surface area contributed by atoms with Crippen molar-refractivity contribution in [1.29, 1.82) is 0 Å². The maximum absolute atomic E-state index is 10.2. The Hall–Kier alpha value is -1.12. The first-order chi connectivity index (χ1) is 10.2. The van der Waals surface area contributed by atoms with Crippen LogP contribution >= 0.6 is 0 Å². The number of ether oxygens (including phenoxy) is 1. The lowest BCUT2D eigenvalue weighted by Gasteiger charge is -2.32. The molecule has 1 aromatic carbocycles. The lowest BCUT2D eigenvalue weighted by Crippen LogP contribution is -2.28. The maximum atomic E-state index is 10.2. The van der Waals surface area contributed by atoms with Crippen molar-refractivity contribution in [3.8, 4) is 0 Å². The van der Waals surface area contributed by atoms with Crippen molar-refractivity contribution in [3.63, 3.8) is 0 Å². The normalized spacial score (nSPS) is 27.3. The molecule has 0 bridgehead atoms. The van der Waals surface area contributed by atoms with Gasteiger partial charge in [-0.15, -0.1) is 0 Å². The minimum absolute atomic E-state index is 0.308. The molecule has 0 radical (unpaired) electrons. The average Bonchev–Trinajstić information content (AvgIpc) is 2.86. The van der Waals surface area contributed by atoms with Gasteiger partial charge in [0.25, 0.3) is 0 Å². The number of aliphatic hydroxyl groups is 1. The molecule has 1 fully saturated rings. The number of aliphatic hydroxyl groups excluding tert-OH is 1. The van der Waals surface area contributed by atoms with Crippen LogP contribution in [-0.2, 0) is 4.74 Å². The number of allylic oxidation sites excluding steroid dienone is 1. The van der Waals surface area contributed by atoms with Gasteiger partial charge in [-0.3, -0.25) is 0 Å². The molecule has 0 aromatic heterocycles. The first-order valence-corrected chi connectivity index (χ1v) is 8.05. The summed E-state index contributed by atoms with van der Waals surface area (Å²) >= 11 is 0. The van der Waals surface area contributed by atoms with Crippen LogP contribution in [0.3, 0.4) is 0 Å². The van der Waals surface area contributed by atoms with Crippen LogP contribution in [0, 0.1) is 11.3 Å². The van der Waals surface area contributed by atoms with Crippen LogP contribution in [0.2, 0.25) is 0 Å². The number of hydrogen-bond donors (Lipinski definition) is 1. The highest BCUT2D eigenvalue weighted by molar-refractivity contribution is 5.18. The molecule has 2 heteroatoms. The van der Waals surface area contributed by atoms with Gasteiger partial charge >= 0.3 is 0 Å². The molecule has 116 valence electrons. The molecule has 0 spiro atoms. The third-order valence-electron chi connectivity index (χ3n) is 5.02. The SMILES string of the molecule is COC[C@]1(C/C=C/CC(O)c2ccccc2)CCC[C@H]1C. The van der Waals surface area contributed by atoms with Crippen LogP contribution in [-0.4, -0.2) is 18.8 Å². The molecule has 1 aromatic rings. The number of benzene rings is 1. The topological polar surface area (TPSA) is 29.5 Å². The van der Waals surface area contributed by atoms with E-state index in [0.29, 0.717) is 11.8 Å². The van der Waals surface area contributed by atoms with Crippen LogP contribution in [0.5, 0.6) is 0 Å². The van der Waals surface area contributed by atoms with Crippen molar-refractivity contribution in [3.05, 3.63) is 48.0 Å². The summed E-state index contributed by atoms with van der Waals surface area (Å²) in [5.74, 6) is 0.723. The Morgan fingerprint density at radius 3 is 2.71 bits per heavy atom. The molecule has 0 aliphatic heterocycles. The summed E-state index contributed by atoms with van der Waals surface area (Å²) in [7, 11) is 1.80. The molecular formula is C19H28O2. The van der Waals surface area contributed by atoms with Gasteiger partial charge in [-0.1, -0.05) is 62.2 Å². The Balaban J connectivity index is 1.86. The van der Waals surface area contributed by atoms with Crippen LogP contribution < -0.4 is 0 Å². The van der Waals surface area contributed by atoms with E-state index in [1.807, 2.05) is 30.3 Å². The molecule has 2 rings (SSSR count). The summed E-state index contributed by atoms with van der Waals surface area (Å²) < 4.78 is 5.46. The van der Waals surface area contributed by atoms with Crippen molar-refractivity contribution >= 4 is 0 Å². The minimum atomic E-state index is -0.401. The standard InChI is InChI=1S/C19H28O2/c1-16-9-8-14-19(16,15-21-2)13-7-6-12-18(20)17-10-4-3-5-11-17/h3-7,10-11,16,18,20H,8-9,12-15H2,1-2H3/b7-6+/t16-,18?,19+/m1/s1. The predicted molar refractivity (Wildman–Crippen MR) is 87.1 cm³/mol. The molecule has 2 nitrogen and oxygen atoms in total. The van der Waals surface area contributed by atoms with E-state index in [1.165, 1.54) is 19.3 Å². The van der Waals surface area contributed by atoms with Gasteiger partial charge in [0.15, 0.2) is 0 Å². The van der Waals surface area contributed by atoms with Crippen molar-refractivity contribution in [2.75, 3.05) is 13.7 Å². The third-order valence-corrected chi connectivity index (χ3v) is 5.02. The highest BCUT2D eigenvalue weighted by atomic mass is 16.5. The smallest absolute Gasteiger partial charge is 0.0824 e. The highest BCUT2D eigenvalue weighted by Crippen LogP contribution is 2.46. The Morgan fingerprint density at radius 2 is 2.10 bits per heavy atom. The Kier molecular flexibility index (Phi) is 6.01. The van der Waals surface area contributed by atoms with Crippen LogP contribution in [0.1, 0.15) is 50.7 Å². The van der Waals surface area contributed by atoms with E-state index >= 15 is 0 Å². The number of rotatable bonds is 7. The molecule has 21 heavy (non-hydrogen) atoms. The monoisotopic (exact) mass is 288 g/mol. The molecule has 1 aliphatic rings. The lowest BCUT2D eigenvalue weighted by molar-refractivity contribution is 0.0563. The lowest BCUT2D eigenvalue weighted by atomic mass is 9.76. The van der Waals surface area contributed by atoms with Gasteiger partial charge in [0, 0.05) is 7.11 Å². The van der Waals surface area contributed by atoms with Crippen molar-refractivity contribution in [2.45, 2.75) is 45.1 Å². The first-order valence-electron chi connectivity index (χ1n) is 8.05. The molecule has 0 heterocycles. The van der Waals surface area contributed by atoms with Crippen molar-refractivity contribution in [2.24, 2.45) is 11.3 Å². The molecule has 1 aliphatic carbocycles. The number of methoxy groups -OCH3 is 1. The molecular weight excluding hydrogens is 260 g/mol. The summed E-state index contributed by atoms with van der Waals surface area (Å²) in [4.78, 5) is 0. The van der Waals surface area contributed by atoms with E-state index < -0.39 is 6.10 Å². The van der Waals surface area contributed by atoms with Gasteiger partial charge in [-0.25, -0.2) is 0 Å². The zero-order chi connectivity index (χ0) is 15.1. The summed E-state index contributed by atoms with van der Waals surface area (Å²) in [5.41, 5.74) is 1.30. The second kappa shape index (κ2) is 7.77. The molecule has 1 unspecified atom stereocenters. The van der Waals surface area contributed by atoms with Gasteiger partial charge in [0.2, 0.25) is 0 Å². The first kappa shape index (κ1) is 16.3. The molecule has 0 saturated heterocycles. The molecule has 3 atom stereocenters. The molecule has 1 saturated carbocycles. The van der Waals surface area contributed by atoms with E-state index in [2.05, 4.69) is 19.1 Å². The fourth-order valence-corrected chi connectivity index (χ4v) is 3.53. The van der Waals surface area contributed by atoms with E-state index in [-0.39, 0.29) is 0 Å². The van der Waals surface area contributed by atoms with Gasteiger partial charge in [0.1, 0.15) is 0 Å². The Labute approximate surface area is 128 Å². The Morgan fingerprint density at radius 1 is 1.33 bits per heavy atom. The van der Waals surface area contributed by atoms with Crippen molar-refractivity contribution in [1.82, 2.24) is 0 Å². The van der Waals surface area contributed by atoms with Crippen LogP contribution in [0.15, 0.2) is 42.5 Å². The van der Waals surface area contributed by atoms with Gasteiger partial charge < -0.3 is 9.84 Å². The van der Waals surface area contributed by atoms with E-state index in [1.54, 1.807) is 7.11 Å². The summed E-state index contributed by atoms with van der Waals surface area (Å²) in [6.07, 6.45) is 9.59. The van der Waals surface area contributed by atoms with Crippen LogP contribution in [0.25, 0.3) is 0 Å². The van der Waals surface area contributed by atoms with Crippen LogP contribution in [0.4, 0.5) is 0 Å². The van der Waals surface area contributed by atoms with Gasteiger partial charge in [-0.2, -0.15) is 0 Å². The van der Waals surface area contributed by atoms with Gasteiger partial charge in [-0.05, 0) is 36.2 Å². The van der Waals surface area contributed by atoms with E-state index in [9.17, 15) is 5.11 Å². The maximum Gasteiger partial charge on any atom is 0.0824 e. The second-order valence-electron chi connectivity index (χ2n) is 6.43. The van der Waals surface area contributed by atoms with Gasteiger partial charge in [0.05, 0.1) is 12.7 Å². The fourth-order valence-electron chi connectivity index (χ4n) is 3.53. The van der Waals surface area contributed by atoms with Crippen molar-refractivity contribution < 1.29 is 9.84 Å². The zero-order valence-electron chi connectivity index (χ0n) is 13.3. The van der Waals surface area contributed by atoms with E-state index in [4.69, 9.17) is 4.74 Å². The molecule has 1 N–H and O–H groups in total. The fraction of sp³-hybridized carbons (Fsp3) is 0.579. The second-order valence-corrected chi connectivity index (χ2v) is 6.43. The Bertz CT molecular complexity index is 440. The predicted octanol–water partition coefficient (Wildman–Crippen LogP) is 4.51. The van der Waals surface area contributed by atoms with E-state index in [0.717, 1.165) is 24.5 Å². The summed E-state index contributed by atoms with van der Waals surface area (Å²) in [6, 6.07) is 9.86. The zero-order valence-corrected chi connectivity index (χ0v) is 13.3. The third kappa shape index (κ3) is 4.18. The number of hydrogen-bond acceptors (Lipinski definition) is 2. The summed E-state index contributed by atoms with van der Waals surface area (Å²) in [5, 5.41) is 10.2. The summed E-state index contributed by atoms with van der Waals surface area (Å²) in [6.45, 7) is 3.19.